The molecule has 2 aromatic heterocycles. The lowest BCUT2D eigenvalue weighted by Gasteiger charge is -2.32. The molecular weight excluding hydrogens is 288 g/mol. The van der Waals surface area contributed by atoms with E-state index in [1.807, 2.05) is 11.4 Å². The summed E-state index contributed by atoms with van der Waals surface area (Å²) in [4.78, 5) is 23.0. The Morgan fingerprint density at radius 3 is 2.86 bits per heavy atom. The van der Waals surface area contributed by atoms with Gasteiger partial charge in [-0.05, 0) is 30.2 Å². The van der Waals surface area contributed by atoms with Crippen LogP contribution in [0.5, 0.6) is 0 Å². The van der Waals surface area contributed by atoms with Gasteiger partial charge in [0.05, 0.1) is 5.39 Å². The number of fused-ring (bicyclic) bond motifs is 1. The van der Waals surface area contributed by atoms with Gasteiger partial charge in [0.25, 0.3) is 0 Å². The highest BCUT2D eigenvalue weighted by atomic mass is 32.1. The summed E-state index contributed by atoms with van der Waals surface area (Å²) in [6, 6.07) is 2.03. The summed E-state index contributed by atoms with van der Waals surface area (Å²) in [6.07, 6.45) is 2.37. The zero-order valence-corrected chi connectivity index (χ0v) is 12.4. The van der Waals surface area contributed by atoms with Crippen LogP contribution in [-0.2, 0) is 4.79 Å². The average Bonchev–Trinajstić information content (AvgIpc) is 2.94. The summed E-state index contributed by atoms with van der Waals surface area (Å²) >= 11 is 1.57. The number of piperidine rings is 1. The molecule has 0 saturated carbocycles. The molecule has 112 valence electrons. The van der Waals surface area contributed by atoms with Gasteiger partial charge >= 0.3 is 0 Å². The van der Waals surface area contributed by atoms with E-state index in [4.69, 9.17) is 11.6 Å². The van der Waals surface area contributed by atoms with Crippen LogP contribution in [0.15, 0.2) is 11.4 Å². The molecule has 21 heavy (non-hydrogen) atoms. The van der Waals surface area contributed by atoms with Crippen molar-refractivity contribution in [3.8, 4) is 0 Å². The minimum absolute atomic E-state index is 0.217. The summed E-state index contributed by atoms with van der Waals surface area (Å²) in [5.41, 5.74) is 7.79. The molecule has 1 amide bonds. The van der Waals surface area contributed by atoms with Crippen LogP contribution in [0.4, 0.5) is 11.8 Å². The van der Waals surface area contributed by atoms with Crippen molar-refractivity contribution in [2.75, 3.05) is 23.4 Å². The first kappa shape index (κ1) is 14.0. The zero-order chi connectivity index (χ0) is 14.8. The van der Waals surface area contributed by atoms with Gasteiger partial charge in [-0.15, -0.1) is 11.3 Å². The standard InChI is InChI=1S/C13H18N6OS/c14-10(20)7-8-1-4-19(5-2-8)11-9-3-6-21-12(9)17-13(16-11)18-15/h3,6,8H,1-2,4-5,7,15H2,(H2,14,20)(H,16,17,18). The van der Waals surface area contributed by atoms with E-state index in [1.165, 1.54) is 0 Å². The monoisotopic (exact) mass is 306 g/mol. The molecule has 0 aromatic carbocycles. The van der Waals surface area contributed by atoms with Gasteiger partial charge in [-0.25, -0.2) is 10.8 Å². The van der Waals surface area contributed by atoms with Gasteiger partial charge in [0.2, 0.25) is 11.9 Å². The Bertz CT molecular complexity index is 649. The Balaban J connectivity index is 1.81. The molecule has 0 spiro atoms. The number of nitrogens with two attached hydrogens (primary N) is 2. The summed E-state index contributed by atoms with van der Waals surface area (Å²) in [7, 11) is 0. The van der Waals surface area contributed by atoms with Crippen LogP contribution < -0.4 is 21.9 Å². The van der Waals surface area contributed by atoms with E-state index in [0.717, 1.165) is 42.0 Å². The van der Waals surface area contributed by atoms with Crippen molar-refractivity contribution in [2.45, 2.75) is 19.3 Å². The Morgan fingerprint density at radius 1 is 1.43 bits per heavy atom. The summed E-state index contributed by atoms with van der Waals surface area (Å²) in [5.74, 6) is 6.95. The van der Waals surface area contributed by atoms with E-state index < -0.39 is 0 Å². The maximum atomic E-state index is 11.0. The Labute approximate surface area is 126 Å². The summed E-state index contributed by atoms with van der Waals surface area (Å²) in [5, 5.41) is 3.05. The van der Waals surface area contributed by atoms with Crippen LogP contribution >= 0.6 is 11.3 Å². The molecule has 2 aromatic rings. The molecule has 3 rings (SSSR count). The van der Waals surface area contributed by atoms with E-state index in [-0.39, 0.29) is 5.91 Å². The number of rotatable bonds is 4. The molecule has 0 atom stereocenters. The number of nitrogens with one attached hydrogen (secondary N) is 1. The molecular formula is C13H18N6OS. The average molecular weight is 306 g/mol. The van der Waals surface area contributed by atoms with Crippen molar-refractivity contribution in [1.29, 1.82) is 0 Å². The molecule has 0 aliphatic carbocycles. The number of carbonyl (C=O) groups is 1. The first-order valence-corrected chi connectivity index (χ1v) is 7.80. The van der Waals surface area contributed by atoms with Crippen molar-refractivity contribution >= 4 is 39.2 Å². The van der Waals surface area contributed by atoms with Crippen molar-refractivity contribution < 1.29 is 4.79 Å². The number of primary amides is 1. The van der Waals surface area contributed by atoms with Gasteiger partial charge in [-0.1, -0.05) is 0 Å². The van der Waals surface area contributed by atoms with Crippen LogP contribution in [0.1, 0.15) is 19.3 Å². The second-order valence-electron chi connectivity index (χ2n) is 5.26. The number of nitrogen functional groups attached to an aromatic ring is 1. The van der Waals surface area contributed by atoms with Crippen LogP contribution in [0.3, 0.4) is 0 Å². The molecule has 0 bridgehead atoms. The van der Waals surface area contributed by atoms with Gasteiger partial charge in [0.15, 0.2) is 0 Å². The number of hydrogen-bond acceptors (Lipinski definition) is 7. The number of carbonyl (C=O) groups excluding carboxylic acids is 1. The number of amides is 1. The van der Waals surface area contributed by atoms with Crippen molar-refractivity contribution in [2.24, 2.45) is 17.5 Å². The van der Waals surface area contributed by atoms with E-state index in [1.54, 1.807) is 11.3 Å². The quantitative estimate of drug-likeness (QED) is 0.575. The molecule has 0 radical (unpaired) electrons. The third kappa shape index (κ3) is 2.91. The lowest BCUT2D eigenvalue weighted by molar-refractivity contribution is -0.119. The van der Waals surface area contributed by atoms with Crippen LogP contribution in [0.2, 0.25) is 0 Å². The fourth-order valence-electron chi connectivity index (χ4n) is 2.78. The van der Waals surface area contributed by atoms with Gasteiger partial charge < -0.3 is 10.6 Å². The number of aromatic nitrogens is 2. The fourth-order valence-corrected chi connectivity index (χ4v) is 3.54. The fraction of sp³-hybridized carbons (Fsp3) is 0.462. The zero-order valence-electron chi connectivity index (χ0n) is 11.6. The number of nitrogens with zero attached hydrogens (tertiary/aromatic N) is 3. The number of hydrogen-bond donors (Lipinski definition) is 3. The topological polar surface area (TPSA) is 110 Å². The molecule has 3 heterocycles. The lowest BCUT2D eigenvalue weighted by Crippen LogP contribution is -2.35. The minimum atomic E-state index is -0.217. The highest BCUT2D eigenvalue weighted by Gasteiger charge is 2.23. The maximum absolute atomic E-state index is 11.0. The Kier molecular flexibility index (Phi) is 3.89. The van der Waals surface area contributed by atoms with Gasteiger partial charge in [0, 0.05) is 19.5 Å². The minimum Gasteiger partial charge on any atom is -0.370 e. The number of thiophene rings is 1. The van der Waals surface area contributed by atoms with Crippen LogP contribution in [0, 0.1) is 5.92 Å². The summed E-state index contributed by atoms with van der Waals surface area (Å²) < 4.78 is 0. The molecule has 1 aliphatic heterocycles. The third-order valence-electron chi connectivity index (χ3n) is 3.84. The lowest BCUT2D eigenvalue weighted by atomic mass is 9.93. The second-order valence-corrected chi connectivity index (χ2v) is 6.15. The molecule has 1 fully saturated rings. The highest BCUT2D eigenvalue weighted by Crippen LogP contribution is 2.32. The molecule has 1 saturated heterocycles. The van der Waals surface area contributed by atoms with Crippen LogP contribution in [-0.4, -0.2) is 29.0 Å². The SMILES string of the molecule is NNc1nc(N2CCC(CC(N)=O)CC2)c2ccsc2n1. The molecule has 8 heteroatoms. The van der Waals surface area contributed by atoms with Crippen molar-refractivity contribution in [3.05, 3.63) is 11.4 Å². The predicted octanol–water partition coefficient (Wildman–Crippen LogP) is 1.07. The first-order chi connectivity index (χ1) is 10.2. The van der Waals surface area contributed by atoms with E-state index >= 15 is 0 Å². The van der Waals surface area contributed by atoms with Crippen molar-refractivity contribution in [1.82, 2.24) is 9.97 Å². The predicted molar refractivity (Wildman–Crippen MR) is 84.0 cm³/mol. The third-order valence-corrected chi connectivity index (χ3v) is 4.64. The van der Waals surface area contributed by atoms with E-state index in [0.29, 0.717) is 18.3 Å². The van der Waals surface area contributed by atoms with Gasteiger partial charge in [-0.3, -0.25) is 10.2 Å². The molecule has 5 N–H and O–H groups in total. The molecule has 1 aliphatic rings. The highest BCUT2D eigenvalue weighted by molar-refractivity contribution is 7.16. The number of anilines is 2. The molecule has 0 unspecified atom stereocenters. The largest absolute Gasteiger partial charge is 0.370 e. The molecule has 7 nitrogen and oxygen atoms in total. The van der Waals surface area contributed by atoms with Gasteiger partial charge in [-0.2, -0.15) is 4.98 Å². The number of hydrazine groups is 1. The Hall–Kier alpha value is -1.93. The van der Waals surface area contributed by atoms with Crippen molar-refractivity contribution in [3.63, 3.8) is 0 Å². The smallest absolute Gasteiger partial charge is 0.240 e. The van der Waals surface area contributed by atoms with Crippen LogP contribution in [0.25, 0.3) is 10.2 Å². The summed E-state index contributed by atoms with van der Waals surface area (Å²) in [6.45, 7) is 1.73. The second kappa shape index (κ2) is 5.82. The van der Waals surface area contributed by atoms with E-state index in [9.17, 15) is 4.79 Å². The maximum Gasteiger partial charge on any atom is 0.240 e. The normalized spacial score (nSPS) is 16.3. The van der Waals surface area contributed by atoms with E-state index in [2.05, 4.69) is 20.3 Å². The Morgan fingerprint density at radius 2 is 2.19 bits per heavy atom. The van der Waals surface area contributed by atoms with Gasteiger partial charge in [0.1, 0.15) is 10.6 Å². The first-order valence-electron chi connectivity index (χ1n) is 6.92.